The molecule has 0 aliphatic carbocycles. The highest BCUT2D eigenvalue weighted by Gasteiger charge is 2.24. The molecule has 0 saturated heterocycles. The van der Waals surface area contributed by atoms with E-state index in [0.717, 1.165) is 12.1 Å². The highest BCUT2D eigenvalue weighted by molar-refractivity contribution is 5.76. The number of aryl methyl sites for hydroxylation is 2. The van der Waals surface area contributed by atoms with Crippen molar-refractivity contribution in [3.05, 3.63) is 53.3 Å². The predicted octanol–water partition coefficient (Wildman–Crippen LogP) is 1.78. The molecule has 1 atom stereocenters. The minimum Gasteiger partial charge on any atom is -0.374 e. The molecule has 2 heterocycles. The Morgan fingerprint density at radius 1 is 1.41 bits per heavy atom. The normalized spacial score (nSPS) is 17.0. The van der Waals surface area contributed by atoms with Crippen molar-refractivity contribution in [2.75, 3.05) is 13.2 Å². The van der Waals surface area contributed by atoms with Crippen LogP contribution < -0.4 is 5.32 Å². The van der Waals surface area contributed by atoms with Crippen LogP contribution >= 0.6 is 0 Å². The quantitative estimate of drug-likeness (QED) is 0.915. The van der Waals surface area contributed by atoms with E-state index in [1.54, 1.807) is 0 Å². The third-order valence-electron chi connectivity index (χ3n) is 4.12. The molecule has 0 bridgehead atoms. The summed E-state index contributed by atoms with van der Waals surface area (Å²) in [6.07, 6.45) is 3.17. The first-order chi connectivity index (χ1) is 10.7. The molecule has 0 saturated carbocycles. The molecule has 0 spiro atoms. The van der Waals surface area contributed by atoms with Gasteiger partial charge >= 0.3 is 0 Å². The highest BCUT2D eigenvalue weighted by atomic mass is 16.5. The Hall–Kier alpha value is -2.14. The summed E-state index contributed by atoms with van der Waals surface area (Å²) >= 11 is 0. The van der Waals surface area contributed by atoms with Gasteiger partial charge in [0.05, 0.1) is 25.1 Å². The van der Waals surface area contributed by atoms with E-state index in [-0.39, 0.29) is 11.8 Å². The fraction of sp³-hybridized carbons (Fsp3) is 0.412. The second kappa shape index (κ2) is 6.75. The third-order valence-corrected chi connectivity index (χ3v) is 4.12. The minimum absolute atomic E-state index is 0.0832. The van der Waals surface area contributed by atoms with Crippen molar-refractivity contribution in [3.8, 4) is 0 Å². The number of carbonyl (C=O) groups excluding carboxylic acids is 1. The first kappa shape index (κ1) is 14.8. The molecular weight excluding hydrogens is 278 g/mol. The van der Waals surface area contributed by atoms with Gasteiger partial charge in [-0.25, -0.2) is 0 Å². The summed E-state index contributed by atoms with van der Waals surface area (Å²) < 4.78 is 7.44. The highest BCUT2D eigenvalue weighted by Crippen LogP contribution is 2.25. The number of amides is 1. The van der Waals surface area contributed by atoms with Crippen LogP contribution in [0, 0.1) is 0 Å². The number of carbonyl (C=O) groups is 1. The molecule has 116 valence electrons. The van der Waals surface area contributed by atoms with Gasteiger partial charge in [0.1, 0.15) is 0 Å². The van der Waals surface area contributed by atoms with Crippen molar-refractivity contribution in [2.45, 2.75) is 25.4 Å². The molecule has 5 heteroatoms. The third kappa shape index (κ3) is 3.36. The van der Waals surface area contributed by atoms with Crippen molar-refractivity contribution in [2.24, 2.45) is 7.05 Å². The van der Waals surface area contributed by atoms with E-state index in [1.165, 1.54) is 11.1 Å². The van der Waals surface area contributed by atoms with Gasteiger partial charge in [-0.2, -0.15) is 5.10 Å². The molecule has 0 radical (unpaired) electrons. The van der Waals surface area contributed by atoms with Crippen LogP contribution in [-0.4, -0.2) is 28.8 Å². The Bertz CT molecular complexity index is 637. The second-order valence-corrected chi connectivity index (χ2v) is 5.67. The number of rotatable bonds is 5. The molecule has 1 aliphatic rings. The molecule has 1 aliphatic heterocycles. The number of benzene rings is 1. The Morgan fingerprint density at radius 3 is 3.05 bits per heavy atom. The van der Waals surface area contributed by atoms with Crippen molar-refractivity contribution >= 4 is 5.91 Å². The molecule has 0 fully saturated rings. The molecule has 1 N–H and O–H groups in total. The van der Waals surface area contributed by atoms with E-state index >= 15 is 0 Å². The number of fused-ring (bicyclic) bond motifs is 1. The molecule has 22 heavy (non-hydrogen) atoms. The zero-order valence-electron chi connectivity index (χ0n) is 12.8. The Kier molecular flexibility index (Phi) is 4.53. The topological polar surface area (TPSA) is 56.1 Å². The van der Waals surface area contributed by atoms with E-state index in [1.807, 2.05) is 48.3 Å². The lowest BCUT2D eigenvalue weighted by Gasteiger charge is -2.23. The fourth-order valence-electron chi connectivity index (χ4n) is 2.78. The van der Waals surface area contributed by atoms with Gasteiger partial charge in [-0.3, -0.25) is 9.48 Å². The first-order valence-electron chi connectivity index (χ1n) is 7.63. The maximum Gasteiger partial charge on any atom is 0.220 e. The van der Waals surface area contributed by atoms with Crippen molar-refractivity contribution in [3.63, 3.8) is 0 Å². The molecule has 3 rings (SSSR count). The van der Waals surface area contributed by atoms with Crippen molar-refractivity contribution in [1.82, 2.24) is 15.1 Å². The average Bonchev–Trinajstić information content (AvgIpc) is 2.94. The Morgan fingerprint density at radius 2 is 2.23 bits per heavy atom. The molecular formula is C17H21N3O2. The maximum atomic E-state index is 12.0. The van der Waals surface area contributed by atoms with Crippen LogP contribution in [0.2, 0.25) is 0 Å². The first-order valence-corrected chi connectivity index (χ1v) is 7.63. The van der Waals surface area contributed by atoms with Crippen LogP contribution in [-0.2, 0) is 29.6 Å². The summed E-state index contributed by atoms with van der Waals surface area (Å²) in [5, 5.41) is 7.29. The number of hydrogen-bond acceptors (Lipinski definition) is 3. The molecule has 1 aromatic heterocycles. The summed E-state index contributed by atoms with van der Waals surface area (Å²) in [4.78, 5) is 12.0. The van der Waals surface area contributed by atoms with Gasteiger partial charge in [-0.1, -0.05) is 30.3 Å². The number of ether oxygens (including phenoxy) is 1. The van der Waals surface area contributed by atoms with Gasteiger partial charge in [-0.15, -0.1) is 0 Å². The van der Waals surface area contributed by atoms with Gasteiger partial charge in [-0.05, 0) is 12.0 Å². The Labute approximate surface area is 130 Å². The van der Waals surface area contributed by atoms with Crippen LogP contribution in [0.25, 0.3) is 0 Å². The molecule has 5 nitrogen and oxygen atoms in total. The number of nitrogens with one attached hydrogen (secondary N) is 1. The van der Waals surface area contributed by atoms with E-state index in [4.69, 9.17) is 4.74 Å². The zero-order chi connectivity index (χ0) is 15.4. The lowest BCUT2D eigenvalue weighted by Crippen LogP contribution is -2.32. The second-order valence-electron chi connectivity index (χ2n) is 5.67. The van der Waals surface area contributed by atoms with Gasteiger partial charge < -0.3 is 10.1 Å². The minimum atomic E-state index is 0.0832. The largest absolute Gasteiger partial charge is 0.374 e. The van der Waals surface area contributed by atoms with E-state index < -0.39 is 0 Å². The summed E-state index contributed by atoms with van der Waals surface area (Å²) in [5.41, 5.74) is 3.49. The van der Waals surface area contributed by atoms with Crippen molar-refractivity contribution in [1.29, 1.82) is 0 Å². The number of nitrogens with zero attached hydrogens (tertiary/aromatic N) is 2. The number of hydrogen-bond donors (Lipinski definition) is 1. The van der Waals surface area contributed by atoms with E-state index in [9.17, 15) is 4.79 Å². The average molecular weight is 299 g/mol. The van der Waals surface area contributed by atoms with Gasteiger partial charge in [0, 0.05) is 31.5 Å². The summed E-state index contributed by atoms with van der Waals surface area (Å²) in [5.74, 6) is 0.276. The molecule has 1 aromatic carbocycles. The van der Waals surface area contributed by atoms with Crippen LogP contribution in [0.3, 0.4) is 0 Å². The van der Waals surface area contributed by atoms with Crippen molar-refractivity contribution < 1.29 is 9.53 Å². The summed E-state index contributed by atoms with van der Waals surface area (Å²) in [7, 11) is 1.92. The predicted molar refractivity (Wildman–Crippen MR) is 83.4 cm³/mol. The maximum absolute atomic E-state index is 12.0. The SMILES string of the molecule is Cn1ncc2c1COC[C@@H]2CNC(=O)CCc1ccccc1. The zero-order valence-corrected chi connectivity index (χ0v) is 12.8. The van der Waals surface area contributed by atoms with Gasteiger partial charge in [0.2, 0.25) is 5.91 Å². The molecule has 0 unspecified atom stereocenters. The van der Waals surface area contributed by atoms with Crippen LogP contribution in [0.5, 0.6) is 0 Å². The smallest absolute Gasteiger partial charge is 0.220 e. The lowest BCUT2D eigenvalue weighted by molar-refractivity contribution is -0.121. The monoisotopic (exact) mass is 299 g/mol. The van der Waals surface area contributed by atoms with Gasteiger partial charge in [0.15, 0.2) is 0 Å². The van der Waals surface area contributed by atoms with E-state index in [0.29, 0.717) is 26.2 Å². The lowest BCUT2D eigenvalue weighted by atomic mass is 9.98. The van der Waals surface area contributed by atoms with Crippen LogP contribution in [0.15, 0.2) is 36.5 Å². The summed E-state index contributed by atoms with van der Waals surface area (Å²) in [6.45, 7) is 1.84. The van der Waals surface area contributed by atoms with Crippen LogP contribution in [0.1, 0.15) is 29.2 Å². The fourth-order valence-corrected chi connectivity index (χ4v) is 2.78. The molecule has 2 aromatic rings. The van der Waals surface area contributed by atoms with Gasteiger partial charge in [0.25, 0.3) is 0 Å². The standard InChI is InChI=1S/C17H21N3O2/c1-20-16-12-22-11-14(15(16)10-19-20)9-18-17(21)8-7-13-5-3-2-4-6-13/h2-6,10,14H,7-9,11-12H2,1H3,(H,18,21)/t14-/m0/s1. The number of aromatic nitrogens is 2. The molecule has 1 amide bonds. The van der Waals surface area contributed by atoms with E-state index in [2.05, 4.69) is 10.4 Å². The summed E-state index contributed by atoms with van der Waals surface area (Å²) in [6, 6.07) is 10.1. The Balaban J connectivity index is 1.49. The van der Waals surface area contributed by atoms with Crippen LogP contribution in [0.4, 0.5) is 0 Å².